The van der Waals surface area contributed by atoms with E-state index in [1.165, 1.54) is 33.3 Å². The summed E-state index contributed by atoms with van der Waals surface area (Å²) in [7, 11) is -3.75. The zero-order valence-electron chi connectivity index (χ0n) is 15.0. The van der Waals surface area contributed by atoms with Crippen LogP contribution in [0.2, 0.25) is 10.0 Å². The van der Waals surface area contributed by atoms with Crippen molar-refractivity contribution in [3.05, 3.63) is 49.6 Å². The number of halogens is 2. The molecule has 0 aliphatic carbocycles. The van der Waals surface area contributed by atoms with Crippen LogP contribution in [0.25, 0.3) is 0 Å². The van der Waals surface area contributed by atoms with Crippen LogP contribution in [0.1, 0.15) is 27.0 Å². The maximum Gasteiger partial charge on any atom is 0.264 e. The molecule has 1 aromatic heterocycles. The number of piperazine rings is 1. The van der Waals surface area contributed by atoms with Crippen LogP contribution in [-0.4, -0.2) is 49.7 Å². The van der Waals surface area contributed by atoms with Gasteiger partial charge in [0.05, 0.1) is 9.90 Å². The summed E-state index contributed by atoms with van der Waals surface area (Å²) >= 11 is 13.5. The van der Waals surface area contributed by atoms with E-state index in [1.54, 1.807) is 11.0 Å². The number of benzene rings is 1. The zero-order valence-corrected chi connectivity index (χ0v) is 18.2. The summed E-state index contributed by atoms with van der Waals surface area (Å²) in [4.78, 5) is 16.3. The molecule has 0 atom stereocenters. The van der Waals surface area contributed by atoms with Gasteiger partial charge in [-0.05, 0) is 43.2 Å². The maximum absolute atomic E-state index is 12.9. The first-order chi connectivity index (χ1) is 12.7. The lowest BCUT2D eigenvalue weighted by molar-refractivity contribution is 0.0702. The predicted molar refractivity (Wildman–Crippen MR) is 110 cm³/mol. The fraction of sp³-hybridized carbons (Fsp3) is 0.389. The molecular weight excluding hydrogens is 427 g/mol. The fourth-order valence-corrected chi connectivity index (χ4v) is 6.32. The molecule has 9 heteroatoms. The monoisotopic (exact) mass is 446 g/mol. The number of rotatable bonds is 4. The Labute approximate surface area is 173 Å². The molecule has 146 valence electrons. The van der Waals surface area contributed by atoms with Crippen LogP contribution in [-0.2, 0) is 16.4 Å². The lowest BCUT2D eigenvalue weighted by Crippen LogP contribution is -2.50. The van der Waals surface area contributed by atoms with Gasteiger partial charge < -0.3 is 4.90 Å². The van der Waals surface area contributed by atoms with Gasteiger partial charge in [-0.3, -0.25) is 4.79 Å². The van der Waals surface area contributed by atoms with Gasteiger partial charge in [-0.2, -0.15) is 4.31 Å². The normalized spacial score (nSPS) is 15.9. The van der Waals surface area contributed by atoms with Crippen LogP contribution >= 0.6 is 34.5 Å². The predicted octanol–water partition coefficient (Wildman–Crippen LogP) is 4.07. The van der Waals surface area contributed by atoms with Crippen LogP contribution in [0.4, 0.5) is 0 Å². The Morgan fingerprint density at radius 2 is 1.81 bits per heavy atom. The number of nitrogens with zero attached hydrogens (tertiary/aromatic N) is 2. The van der Waals surface area contributed by atoms with Crippen LogP contribution < -0.4 is 0 Å². The third kappa shape index (κ3) is 4.17. The molecule has 27 heavy (non-hydrogen) atoms. The molecule has 1 amide bonds. The third-order valence-electron chi connectivity index (χ3n) is 4.65. The summed E-state index contributed by atoms with van der Waals surface area (Å²) < 4.78 is 27.1. The smallest absolute Gasteiger partial charge is 0.264 e. The van der Waals surface area contributed by atoms with Gasteiger partial charge in [-0.25, -0.2) is 8.42 Å². The Kier molecular flexibility index (Phi) is 6.17. The van der Waals surface area contributed by atoms with Crippen LogP contribution in [0.3, 0.4) is 0 Å². The van der Waals surface area contributed by atoms with Gasteiger partial charge in [0.1, 0.15) is 4.90 Å². The minimum absolute atomic E-state index is 0.00193. The van der Waals surface area contributed by atoms with E-state index in [9.17, 15) is 13.2 Å². The first kappa shape index (κ1) is 20.6. The Morgan fingerprint density at radius 3 is 2.41 bits per heavy atom. The Bertz CT molecular complexity index is 965. The van der Waals surface area contributed by atoms with Gasteiger partial charge in [0.2, 0.25) is 10.0 Å². The van der Waals surface area contributed by atoms with Gasteiger partial charge in [-0.1, -0.05) is 30.1 Å². The highest BCUT2D eigenvalue weighted by Gasteiger charge is 2.32. The largest absolute Gasteiger partial charge is 0.335 e. The third-order valence-corrected chi connectivity index (χ3v) is 8.35. The number of hydrogen-bond acceptors (Lipinski definition) is 4. The lowest BCUT2D eigenvalue weighted by atomic mass is 10.2. The highest BCUT2D eigenvalue weighted by molar-refractivity contribution is 7.89. The van der Waals surface area contributed by atoms with Gasteiger partial charge >= 0.3 is 0 Å². The van der Waals surface area contributed by atoms with Crippen molar-refractivity contribution in [3.63, 3.8) is 0 Å². The lowest BCUT2D eigenvalue weighted by Gasteiger charge is -2.34. The molecule has 5 nitrogen and oxygen atoms in total. The van der Waals surface area contributed by atoms with Crippen molar-refractivity contribution in [2.75, 3.05) is 26.2 Å². The fourth-order valence-electron chi connectivity index (χ4n) is 3.08. The molecule has 0 saturated carbocycles. The number of carbonyl (C=O) groups is 1. The van der Waals surface area contributed by atoms with Gasteiger partial charge in [0.25, 0.3) is 5.91 Å². The van der Waals surface area contributed by atoms with Crippen molar-refractivity contribution in [1.82, 2.24) is 9.21 Å². The van der Waals surface area contributed by atoms with Crippen molar-refractivity contribution in [1.29, 1.82) is 0 Å². The Balaban J connectivity index is 1.72. The van der Waals surface area contributed by atoms with Gasteiger partial charge in [0, 0.05) is 36.1 Å². The SMILES string of the molecule is CCc1cc(C(=O)N2CCN(S(=O)(=O)c3cc(Cl)ccc3Cl)CC2)sc1C. The van der Waals surface area contributed by atoms with Crippen molar-refractivity contribution < 1.29 is 13.2 Å². The number of aryl methyl sites for hydroxylation is 2. The van der Waals surface area contributed by atoms with Crippen LogP contribution in [0.15, 0.2) is 29.2 Å². The molecular formula is C18H20Cl2N2O3S2. The second-order valence-corrected chi connectivity index (χ2v) is 10.3. The molecule has 1 aliphatic heterocycles. The molecule has 1 aliphatic rings. The van der Waals surface area contributed by atoms with E-state index in [2.05, 4.69) is 6.92 Å². The van der Waals surface area contributed by atoms with E-state index in [4.69, 9.17) is 23.2 Å². The number of hydrogen-bond donors (Lipinski definition) is 0. The van der Waals surface area contributed by atoms with E-state index in [0.717, 1.165) is 11.3 Å². The van der Waals surface area contributed by atoms with Crippen molar-refractivity contribution >= 4 is 50.5 Å². The molecule has 0 radical (unpaired) electrons. The molecule has 0 N–H and O–H groups in total. The summed E-state index contributed by atoms with van der Waals surface area (Å²) in [6, 6.07) is 6.32. The number of carbonyl (C=O) groups excluding carboxylic acids is 1. The quantitative estimate of drug-likeness (QED) is 0.710. The average molecular weight is 447 g/mol. The van der Waals surface area contributed by atoms with E-state index in [0.29, 0.717) is 23.0 Å². The molecule has 0 spiro atoms. The first-order valence-corrected chi connectivity index (χ1v) is 11.6. The summed E-state index contributed by atoms with van der Waals surface area (Å²) in [6.07, 6.45) is 0.891. The molecule has 1 aromatic carbocycles. The second kappa shape index (κ2) is 8.09. The van der Waals surface area contributed by atoms with E-state index < -0.39 is 10.0 Å². The minimum atomic E-state index is -3.75. The molecule has 2 heterocycles. The van der Waals surface area contributed by atoms with Crippen molar-refractivity contribution in [2.45, 2.75) is 25.2 Å². The molecule has 1 saturated heterocycles. The average Bonchev–Trinajstić information content (AvgIpc) is 3.04. The Hall–Kier alpha value is -1.12. The summed E-state index contributed by atoms with van der Waals surface area (Å²) in [6.45, 7) is 5.21. The standard InChI is InChI=1S/C18H20Cl2N2O3S2/c1-3-13-10-16(26-12(13)2)18(23)21-6-8-22(9-7-21)27(24,25)17-11-14(19)4-5-15(17)20/h4-5,10-11H,3,6-9H2,1-2H3. The molecule has 3 rings (SSSR count). The molecule has 2 aromatic rings. The van der Waals surface area contributed by atoms with Crippen LogP contribution in [0, 0.1) is 6.92 Å². The topological polar surface area (TPSA) is 57.7 Å². The molecule has 1 fully saturated rings. The molecule has 0 bridgehead atoms. The second-order valence-electron chi connectivity index (χ2n) is 6.32. The number of amides is 1. The summed E-state index contributed by atoms with van der Waals surface area (Å²) in [5.41, 5.74) is 1.18. The highest BCUT2D eigenvalue weighted by atomic mass is 35.5. The molecule has 0 unspecified atom stereocenters. The number of thiophene rings is 1. The first-order valence-electron chi connectivity index (χ1n) is 8.57. The summed E-state index contributed by atoms with van der Waals surface area (Å²) in [5.74, 6) is -0.0411. The van der Waals surface area contributed by atoms with Crippen LogP contribution in [0.5, 0.6) is 0 Å². The maximum atomic E-state index is 12.9. The van der Waals surface area contributed by atoms with E-state index in [-0.39, 0.29) is 28.9 Å². The van der Waals surface area contributed by atoms with Crippen molar-refractivity contribution in [2.24, 2.45) is 0 Å². The van der Waals surface area contributed by atoms with Gasteiger partial charge in [0.15, 0.2) is 0 Å². The van der Waals surface area contributed by atoms with Gasteiger partial charge in [-0.15, -0.1) is 11.3 Å². The zero-order chi connectivity index (χ0) is 19.8. The summed E-state index contributed by atoms with van der Waals surface area (Å²) in [5, 5.41) is 0.450. The number of sulfonamides is 1. The van der Waals surface area contributed by atoms with E-state index >= 15 is 0 Å². The highest BCUT2D eigenvalue weighted by Crippen LogP contribution is 2.29. The Morgan fingerprint density at radius 1 is 1.15 bits per heavy atom. The minimum Gasteiger partial charge on any atom is -0.335 e. The van der Waals surface area contributed by atoms with E-state index in [1.807, 2.05) is 13.0 Å². The van der Waals surface area contributed by atoms with Crippen molar-refractivity contribution in [3.8, 4) is 0 Å².